The fourth-order valence-corrected chi connectivity index (χ4v) is 5.60. The molecule has 25 heavy (non-hydrogen) atoms. The SMILES string of the molecule is Br[Se]Br.CSc1ccc(Br)cc1SC.CSc1ccc(Br)cc1SC. The van der Waals surface area contributed by atoms with E-state index in [4.69, 9.17) is 0 Å². The van der Waals surface area contributed by atoms with E-state index in [1.165, 1.54) is 19.6 Å². The van der Waals surface area contributed by atoms with Crippen molar-refractivity contribution in [1.29, 1.82) is 0 Å². The number of hydrogen-bond acceptors (Lipinski definition) is 4. The van der Waals surface area contributed by atoms with Gasteiger partial charge in [-0.05, 0) is 61.4 Å². The van der Waals surface area contributed by atoms with Crippen molar-refractivity contribution in [2.24, 2.45) is 0 Å². The largest absolute Gasteiger partial charge is 0.128 e. The van der Waals surface area contributed by atoms with E-state index in [0.717, 1.165) is 8.95 Å². The number of thioether (sulfide) groups is 4. The van der Waals surface area contributed by atoms with E-state index in [1.807, 2.05) is 0 Å². The molecule has 0 aromatic heterocycles. The third-order valence-electron chi connectivity index (χ3n) is 2.69. The number of hydrogen-bond donors (Lipinski definition) is 0. The second-order valence-electron chi connectivity index (χ2n) is 4.06. The van der Waals surface area contributed by atoms with Gasteiger partial charge in [-0.3, -0.25) is 0 Å². The first-order valence-electron chi connectivity index (χ1n) is 6.61. The van der Waals surface area contributed by atoms with Crippen LogP contribution in [0.3, 0.4) is 0 Å². The molecule has 0 bridgehead atoms. The van der Waals surface area contributed by atoms with Crippen LogP contribution in [0.5, 0.6) is 0 Å². The minimum Gasteiger partial charge on any atom is -0.128 e. The van der Waals surface area contributed by atoms with Gasteiger partial charge in [-0.15, -0.1) is 47.0 Å². The second kappa shape index (κ2) is 17.2. The van der Waals surface area contributed by atoms with E-state index in [2.05, 4.69) is 122 Å². The Hall–Kier alpha value is 2.28. The first-order chi connectivity index (χ1) is 12.0. The summed E-state index contributed by atoms with van der Waals surface area (Å²) >= 11 is 20.8. The van der Waals surface area contributed by atoms with E-state index < -0.39 is 0 Å². The van der Waals surface area contributed by atoms with Crippen molar-refractivity contribution in [2.45, 2.75) is 19.6 Å². The van der Waals surface area contributed by atoms with Gasteiger partial charge in [-0.25, -0.2) is 0 Å². The number of rotatable bonds is 4. The summed E-state index contributed by atoms with van der Waals surface area (Å²) < 4.78 is 2.30. The van der Waals surface area contributed by atoms with E-state index >= 15 is 0 Å². The van der Waals surface area contributed by atoms with Crippen LogP contribution in [-0.2, 0) is 0 Å². The van der Waals surface area contributed by atoms with Crippen molar-refractivity contribution < 1.29 is 0 Å². The molecule has 2 aromatic carbocycles. The van der Waals surface area contributed by atoms with E-state index in [9.17, 15) is 0 Å². The van der Waals surface area contributed by atoms with E-state index in [-0.39, 0.29) is 0 Å². The summed E-state index contributed by atoms with van der Waals surface area (Å²) in [5, 5.41) is 0. The van der Waals surface area contributed by atoms with Gasteiger partial charge in [0, 0.05) is 28.5 Å². The van der Waals surface area contributed by atoms with Gasteiger partial charge in [-0.1, -0.05) is 31.9 Å². The summed E-state index contributed by atoms with van der Waals surface area (Å²) in [6.45, 7) is 0. The van der Waals surface area contributed by atoms with Crippen molar-refractivity contribution in [3.8, 4) is 0 Å². The topological polar surface area (TPSA) is 0 Å². The van der Waals surface area contributed by atoms with Gasteiger partial charge in [-0.2, -0.15) is 0 Å². The normalized spacial score (nSPS) is 9.60. The Kier molecular flexibility index (Phi) is 18.7. The van der Waals surface area contributed by atoms with Crippen molar-refractivity contribution in [3.63, 3.8) is 0 Å². The maximum Gasteiger partial charge on any atom is 0.0216 e. The van der Waals surface area contributed by atoms with Gasteiger partial charge in [0.15, 0.2) is 0 Å². The third kappa shape index (κ3) is 11.8. The van der Waals surface area contributed by atoms with Crippen LogP contribution < -0.4 is 0 Å². The van der Waals surface area contributed by atoms with Gasteiger partial charge in [0.1, 0.15) is 0 Å². The van der Waals surface area contributed by atoms with Crippen molar-refractivity contribution >= 4 is 118 Å². The Morgan fingerprint density at radius 1 is 0.600 bits per heavy atom. The van der Waals surface area contributed by atoms with Gasteiger partial charge in [0.25, 0.3) is 0 Å². The molecule has 140 valence electrons. The average molecular weight is 737 g/mol. The average Bonchev–Trinajstić information content (AvgIpc) is 2.62. The van der Waals surface area contributed by atoms with Crippen LogP contribution >= 0.6 is 107 Å². The summed E-state index contributed by atoms with van der Waals surface area (Å²) in [6, 6.07) is 12.7. The summed E-state index contributed by atoms with van der Waals surface area (Å²) in [5.74, 6) is 0. The number of benzene rings is 2. The van der Waals surface area contributed by atoms with Crippen LogP contribution in [0.15, 0.2) is 64.9 Å². The molecule has 9 heteroatoms. The molecule has 0 aliphatic rings. The predicted molar refractivity (Wildman–Crippen MR) is 139 cm³/mol. The van der Waals surface area contributed by atoms with Crippen LogP contribution in [0.25, 0.3) is 0 Å². The van der Waals surface area contributed by atoms with Crippen LogP contribution in [-0.4, -0.2) is 36.4 Å². The molecule has 2 aromatic rings. The Labute approximate surface area is 205 Å². The smallest absolute Gasteiger partial charge is 0.0216 e. The summed E-state index contributed by atoms with van der Waals surface area (Å²) in [6.07, 6.45) is 8.40. The number of halogens is 4. The third-order valence-corrected chi connectivity index (χ3v) is 7.08. The fourth-order valence-electron chi connectivity index (χ4n) is 1.62. The Morgan fingerprint density at radius 2 is 0.880 bits per heavy atom. The standard InChI is InChI=1S/2C8H9BrS2.Br2Se/c2*1-10-7-4-3-6(9)5-8(7)11-2;1-3-2/h2*3-5H,1-2H3;. The predicted octanol–water partition coefficient (Wildman–Crippen LogP) is 9.10. The maximum absolute atomic E-state index is 3.44. The molecule has 0 atom stereocenters. The summed E-state index contributed by atoms with van der Waals surface area (Å²) in [7, 11) is 0. The zero-order valence-electron chi connectivity index (χ0n) is 14.0. The Morgan fingerprint density at radius 3 is 1.12 bits per heavy atom. The molecule has 0 radical (unpaired) electrons. The van der Waals surface area contributed by atoms with Crippen molar-refractivity contribution in [3.05, 3.63) is 45.3 Å². The van der Waals surface area contributed by atoms with Crippen LogP contribution in [0.4, 0.5) is 0 Å². The summed E-state index contributed by atoms with van der Waals surface area (Å²) in [4.78, 5) is 5.38. The fraction of sp³-hybridized carbons (Fsp3) is 0.250. The van der Waals surface area contributed by atoms with Gasteiger partial charge < -0.3 is 0 Å². The van der Waals surface area contributed by atoms with Crippen molar-refractivity contribution in [1.82, 2.24) is 0 Å². The molecule has 0 aliphatic carbocycles. The molecule has 0 heterocycles. The van der Waals surface area contributed by atoms with Crippen molar-refractivity contribution in [2.75, 3.05) is 25.0 Å². The molecular formula is C16H18Br4S4Se. The van der Waals surface area contributed by atoms with E-state index in [0.29, 0.717) is 11.3 Å². The molecule has 2 rings (SSSR count). The maximum atomic E-state index is 3.44. The molecule has 0 spiro atoms. The Balaban J connectivity index is 0.000000399. The molecule has 0 aliphatic heterocycles. The monoisotopic (exact) mass is 734 g/mol. The van der Waals surface area contributed by atoms with Crippen LogP contribution in [0, 0.1) is 0 Å². The van der Waals surface area contributed by atoms with Crippen LogP contribution in [0.1, 0.15) is 0 Å². The molecule has 0 N–H and O–H groups in total. The van der Waals surface area contributed by atoms with Gasteiger partial charge >= 0.3 is 39.6 Å². The molecule has 0 unspecified atom stereocenters. The molecule has 0 nitrogen and oxygen atoms in total. The van der Waals surface area contributed by atoms with Crippen LogP contribution in [0.2, 0.25) is 0 Å². The molecule has 0 saturated heterocycles. The first-order valence-corrected chi connectivity index (χ1v) is 21.1. The first kappa shape index (κ1) is 27.3. The Bertz CT molecular complexity index is 576. The quantitative estimate of drug-likeness (QED) is 0.227. The zero-order valence-corrected chi connectivity index (χ0v) is 25.3. The molecule has 0 fully saturated rings. The molecule has 0 saturated carbocycles. The minimum atomic E-state index is 0.500. The van der Waals surface area contributed by atoms with E-state index in [1.54, 1.807) is 47.0 Å². The van der Waals surface area contributed by atoms with Gasteiger partial charge in [0.05, 0.1) is 0 Å². The van der Waals surface area contributed by atoms with Gasteiger partial charge in [0.2, 0.25) is 0 Å². The molecular weight excluding hydrogens is 719 g/mol. The minimum absolute atomic E-state index is 0.500. The summed E-state index contributed by atoms with van der Waals surface area (Å²) in [5.41, 5.74) is 0. The molecule has 0 amide bonds. The zero-order chi connectivity index (χ0) is 19.2. The second-order valence-corrected chi connectivity index (χ2v) is 17.4.